The molecule has 0 bridgehead atoms. The van der Waals surface area contributed by atoms with E-state index in [-0.39, 0.29) is 24.4 Å². The summed E-state index contributed by atoms with van der Waals surface area (Å²) >= 11 is 0. The molecule has 0 aromatic rings. The Labute approximate surface area is 108 Å². The first-order valence-corrected chi connectivity index (χ1v) is 6.75. The normalized spacial score (nSPS) is 17.1. The third-order valence-corrected chi connectivity index (χ3v) is 3.58. The van der Waals surface area contributed by atoms with Crippen LogP contribution in [0.3, 0.4) is 0 Å². The highest BCUT2D eigenvalue weighted by molar-refractivity contribution is 5.75. The van der Waals surface area contributed by atoms with Gasteiger partial charge in [-0.3, -0.25) is 4.79 Å². The molecule has 1 aliphatic carbocycles. The number of urea groups is 1. The third-order valence-electron chi connectivity index (χ3n) is 3.58. The number of carboxylic acid groups (broad SMARTS) is 1. The van der Waals surface area contributed by atoms with Crippen LogP contribution in [0.5, 0.6) is 0 Å². The van der Waals surface area contributed by atoms with Gasteiger partial charge in [-0.2, -0.15) is 0 Å². The minimum atomic E-state index is -0.886. The second-order valence-corrected chi connectivity index (χ2v) is 5.43. The first kappa shape index (κ1) is 14.8. The van der Waals surface area contributed by atoms with Crippen molar-refractivity contribution in [3.63, 3.8) is 0 Å². The molecule has 104 valence electrons. The van der Waals surface area contributed by atoms with E-state index in [9.17, 15) is 9.59 Å². The molecule has 2 amide bonds. The van der Waals surface area contributed by atoms with Gasteiger partial charge in [-0.05, 0) is 18.3 Å². The highest BCUT2D eigenvalue weighted by Crippen LogP contribution is 2.28. The van der Waals surface area contributed by atoms with E-state index in [0.29, 0.717) is 6.54 Å². The Morgan fingerprint density at radius 3 is 2.44 bits per heavy atom. The molecule has 0 spiro atoms. The number of amides is 2. The molecule has 1 rings (SSSR count). The standard InChI is InChI=1S/C13H24N2O3/c1-9(2)11(8-12(16)17)15-13(18)14-7-6-10-4-3-5-10/h9-11H,3-8H2,1-2H3,(H,16,17)(H2,14,15,18). The SMILES string of the molecule is CC(C)C(CC(=O)O)NC(=O)NCCC1CCC1. The fourth-order valence-corrected chi connectivity index (χ4v) is 2.03. The van der Waals surface area contributed by atoms with Gasteiger partial charge in [0.05, 0.1) is 6.42 Å². The summed E-state index contributed by atoms with van der Waals surface area (Å²) < 4.78 is 0. The zero-order valence-corrected chi connectivity index (χ0v) is 11.2. The van der Waals surface area contributed by atoms with Crippen LogP contribution in [-0.2, 0) is 4.79 Å². The molecule has 0 saturated heterocycles. The van der Waals surface area contributed by atoms with E-state index in [0.717, 1.165) is 12.3 Å². The van der Waals surface area contributed by atoms with E-state index >= 15 is 0 Å². The quantitative estimate of drug-likeness (QED) is 0.651. The van der Waals surface area contributed by atoms with Gasteiger partial charge in [-0.15, -0.1) is 0 Å². The van der Waals surface area contributed by atoms with Gasteiger partial charge in [-0.1, -0.05) is 33.1 Å². The molecule has 1 atom stereocenters. The molecule has 1 aliphatic rings. The number of rotatable bonds is 7. The molecule has 5 heteroatoms. The van der Waals surface area contributed by atoms with Gasteiger partial charge >= 0.3 is 12.0 Å². The topological polar surface area (TPSA) is 78.4 Å². The van der Waals surface area contributed by atoms with Gasteiger partial charge in [0.25, 0.3) is 0 Å². The Morgan fingerprint density at radius 1 is 1.33 bits per heavy atom. The fourth-order valence-electron chi connectivity index (χ4n) is 2.03. The Balaban J connectivity index is 2.20. The Morgan fingerprint density at radius 2 is 2.00 bits per heavy atom. The molecule has 1 saturated carbocycles. The van der Waals surface area contributed by atoms with Crippen LogP contribution in [-0.4, -0.2) is 29.7 Å². The van der Waals surface area contributed by atoms with E-state index in [1.807, 2.05) is 13.8 Å². The first-order valence-electron chi connectivity index (χ1n) is 6.75. The zero-order chi connectivity index (χ0) is 13.5. The van der Waals surface area contributed by atoms with Crippen molar-refractivity contribution in [3.8, 4) is 0 Å². The molecule has 0 aromatic heterocycles. The minimum Gasteiger partial charge on any atom is -0.481 e. The van der Waals surface area contributed by atoms with E-state index in [1.54, 1.807) is 0 Å². The second-order valence-electron chi connectivity index (χ2n) is 5.43. The average molecular weight is 256 g/mol. The van der Waals surface area contributed by atoms with Gasteiger partial charge in [0.15, 0.2) is 0 Å². The second kappa shape index (κ2) is 7.24. The summed E-state index contributed by atoms with van der Waals surface area (Å²) in [5.41, 5.74) is 0. The molecule has 5 nitrogen and oxygen atoms in total. The molecule has 3 N–H and O–H groups in total. The van der Waals surface area contributed by atoms with Crippen LogP contribution in [0.2, 0.25) is 0 Å². The summed E-state index contributed by atoms with van der Waals surface area (Å²) in [6.45, 7) is 4.49. The Hall–Kier alpha value is -1.26. The summed E-state index contributed by atoms with van der Waals surface area (Å²) in [5, 5.41) is 14.3. The summed E-state index contributed by atoms with van der Waals surface area (Å²) in [5.74, 6) is -0.00725. The van der Waals surface area contributed by atoms with Crippen molar-refractivity contribution in [2.75, 3.05) is 6.54 Å². The fraction of sp³-hybridized carbons (Fsp3) is 0.846. The van der Waals surface area contributed by atoms with E-state index in [2.05, 4.69) is 10.6 Å². The Bertz CT molecular complexity index is 288. The van der Waals surface area contributed by atoms with E-state index in [1.165, 1.54) is 19.3 Å². The Kier molecular flexibility index (Phi) is 5.95. The van der Waals surface area contributed by atoms with Crippen molar-refractivity contribution in [3.05, 3.63) is 0 Å². The number of aliphatic carboxylic acids is 1. The molecule has 1 fully saturated rings. The molecular formula is C13H24N2O3. The number of carboxylic acids is 1. The monoisotopic (exact) mass is 256 g/mol. The van der Waals surface area contributed by atoms with Gasteiger partial charge in [0, 0.05) is 12.6 Å². The molecule has 0 radical (unpaired) electrons. The van der Waals surface area contributed by atoms with Crippen LogP contribution < -0.4 is 10.6 Å². The number of hydrogen-bond acceptors (Lipinski definition) is 2. The summed E-state index contributed by atoms with van der Waals surface area (Å²) in [4.78, 5) is 22.3. The van der Waals surface area contributed by atoms with Gasteiger partial charge in [0.2, 0.25) is 0 Å². The van der Waals surface area contributed by atoms with Gasteiger partial charge < -0.3 is 15.7 Å². The highest BCUT2D eigenvalue weighted by atomic mass is 16.4. The van der Waals surface area contributed by atoms with Crippen molar-refractivity contribution in [2.45, 2.75) is 52.0 Å². The number of carbonyl (C=O) groups excluding carboxylic acids is 1. The predicted octanol–water partition coefficient (Wildman–Crippen LogP) is 1.98. The number of nitrogens with one attached hydrogen (secondary N) is 2. The molecule has 1 unspecified atom stereocenters. The highest BCUT2D eigenvalue weighted by Gasteiger charge is 2.20. The summed E-state index contributed by atoms with van der Waals surface area (Å²) in [7, 11) is 0. The van der Waals surface area contributed by atoms with Crippen molar-refractivity contribution in [1.82, 2.24) is 10.6 Å². The van der Waals surface area contributed by atoms with Gasteiger partial charge in [0.1, 0.15) is 0 Å². The third kappa shape index (κ3) is 5.38. The smallest absolute Gasteiger partial charge is 0.315 e. The van der Waals surface area contributed by atoms with Crippen LogP contribution in [0, 0.1) is 11.8 Å². The number of hydrogen-bond donors (Lipinski definition) is 3. The lowest BCUT2D eigenvalue weighted by molar-refractivity contribution is -0.137. The predicted molar refractivity (Wildman–Crippen MR) is 69.4 cm³/mol. The van der Waals surface area contributed by atoms with Crippen LogP contribution >= 0.6 is 0 Å². The van der Waals surface area contributed by atoms with Crippen molar-refractivity contribution >= 4 is 12.0 Å². The van der Waals surface area contributed by atoms with Crippen LogP contribution in [0.4, 0.5) is 4.79 Å². The minimum absolute atomic E-state index is 0.0340. The summed E-state index contributed by atoms with van der Waals surface area (Å²) in [6.07, 6.45) is 4.85. The molecule has 0 heterocycles. The lowest BCUT2D eigenvalue weighted by atomic mass is 9.83. The lowest BCUT2D eigenvalue weighted by Crippen LogP contribution is -2.46. The van der Waals surface area contributed by atoms with Gasteiger partial charge in [-0.25, -0.2) is 4.79 Å². The largest absolute Gasteiger partial charge is 0.481 e. The molecule has 18 heavy (non-hydrogen) atoms. The maximum atomic E-state index is 11.6. The van der Waals surface area contributed by atoms with Crippen molar-refractivity contribution < 1.29 is 14.7 Å². The lowest BCUT2D eigenvalue weighted by Gasteiger charge is -2.25. The van der Waals surface area contributed by atoms with Crippen LogP contribution in [0.25, 0.3) is 0 Å². The molecule has 0 aromatic carbocycles. The average Bonchev–Trinajstić information content (AvgIpc) is 2.20. The van der Waals surface area contributed by atoms with E-state index in [4.69, 9.17) is 5.11 Å². The van der Waals surface area contributed by atoms with Crippen LogP contribution in [0.15, 0.2) is 0 Å². The van der Waals surface area contributed by atoms with Crippen molar-refractivity contribution in [2.24, 2.45) is 11.8 Å². The zero-order valence-electron chi connectivity index (χ0n) is 11.2. The summed E-state index contributed by atoms with van der Waals surface area (Å²) in [6, 6.07) is -0.569. The molecular weight excluding hydrogens is 232 g/mol. The maximum absolute atomic E-state index is 11.6. The van der Waals surface area contributed by atoms with E-state index < -0.39 is 5.97 Å². The first-order chi connectivity index (χ1) is 8.49. The maximum Gasteiger partial charge on any atom is 0.315 e. The van der Waals surface area contributed by atoms with Crippen molar-refractivity contribution in [1.29, 1.82) is 0 Å². The number of carbonyl (C=O) groups is 2. The van der Waals surface area contributed by atoms with Crippen LogP contribution in [0.1, 0.15) is 46.0 Å². The molecule has 0 aliphatic heterocycles.